The number of halogens is 1. The molecule has 1 amide bonds. The van der Waals surface area contributed by atoms with Crippen LogP contribution < -0.4 is 15.5 Å². The molecular weight excluding hydrogens is 452 g/mol. The van der Waals surface area contributed by atoms with Crippen molar-refractivity contribution in [3.05, 3.63) is 64.1 Å². The zero-order valence-electron chi connectivity index (χ0n) is 18.3. The summed E-state index contributed by atoms with van der Waals surface area (Å²) in [5.74, 6) is 0.920. The molecule has 1 aromatic heterocycles. The van der Waals surface area contributed by atoms with Gasteiger partial charge in [0.15, 0.2) is 0 Å². The Morgan fingerprint density at radius 3 is 2.45 bits per heavy atom. The molecule has 0 bridgehead atoms. The summed E-state index contributed by atoms with van der Waals surface area (Å²) < 4.78 is 0.966. The van der Waals surface area contributed by atoms with Gasteiger partial charge in [-0.05, 0) is 56.4 Å². The van der Waals surface area contributed by atoms with Crippen LogP contribution in [0.15, 0.2) is 53.0 Å². The maximum Gasteiger partial charge on any atom is 0.251 e. The first kappa shape index (κ1) is 21.6. The molecule has 0 aliphatic heterocycles. The first-order valence-electron chi connectivity index (χ1n) is 10.8. The summed E-state index contributed by atoms with van der Waals surface area (Å²) in [6, 6.07) is 16.7. The highest BCUT2D eigenvalue weighted by molar-refractivity contribution is 9.10. The number of carbonyl (C=O) groups excluding carboxylic acids is 1. The normalized spacial score (nSPS) is 18.6. The monoisotopic (exact) mass is 480 g/mol. The molecule has 1 fully saturated rings. The molecule has 5 nitrogen and oxygen atoms in total. The molecule has 0 atom stereocenters. The zero-order valence-corrected chi connectivity index (χ0v) is 19.9. The van der Waals surface area contributed by atoms with E-state index in [1.807, 2.05) is 31.2 Å². The fraction of sp³-hybridized carbons (Fsp3) is 0.360. The molecule has 6 heteroatoms. The van der Waals surface area contributed by atoms with Gasteiger partial charge in [-0.15, -0.1) is 0 Å². The summed E-state index contributed by atoms with van der Waals surface area (Å²) in [6.07, 6.45) is 3.94. The van der Waals surface area contributed by atoms with Crippen molar-refractivity contribution < 1.29 is 4.79 Å². The van der Waals surface area contributed by atoms with Crippen LogP contribution in [-0.4, -0.2) is 37.1 Å². The summed E-state index contributed by atoms with van der Waals surface area (Å²) in [6.45, 7) is 2.02. The summed E-state index contributed by atoms with van der Waals surface area (Å²) in [7, 11) is 4.12. The molecule has 1 aliphatic carbocycles. The van der Waals surface area contributed by atoms with E-state index < -0.39 is 0 Å². The zero-order chi connectivity index (χ0) is 22.0. The van der Waals surface area contributed by atoms with Crippen LogP contribution >= 0.6 is 15.9 Å². The van der Waals surface area contributed by atoms with E-state index in [1.165, 1.54) is 5.69 Å². The van der Waals surface area contributed by atoms with E-state index in [2.05, 4.69) is 69.8 Å². The first-order valence-corrected chi connectivity index (χ1v) is 11.6. The molecule has 0 radical (unpaired) electrons. The van der Waals surface area contributed by atoms with E-state index in [4.69, 9.17) is 4.98 Å². The number of nitrogens with zero attached hydrogens (tertiary/aromatic N) is 2. The van der Waals surface area contributed by atoms with Gasteiger partial charge < -0.3 is 15.5 Å². The fourth-order valence-corrected chi connectivity index (χ4v) is 4.57. The van der Waals surface area contributed by atoms with Gasteiger partial charge in [-0.1, -0.05) is 40.2 Å². The predicted octanol–water partition coefficient (Wildman–Crippen LogP) is 5.52. The Balaban J connectivity index is 1.37. The van der Waals surface area contributed by atoms with Crippen molar-refractivity contribution in [1.82, 2.24) is 10.3 Å². The van der Waals surface area contributed by atoms with E-state index >= 15 is 0 Å². The molecule has 31 heavy (non-hydrogen) atoms. The van der Waals surface area contributed by atoms with Crippen molar-refractivity contribution in [2.24, 2.45) is 0 Å². The van der Waals surface area contributed by atoms with Crippen molar-refractivity contribution in [1.29, 1.82) is 0 Å². The van der Waals surface area contributed by atoms with Gasteiger partial charge in [0.2, 0.25) is 0 Å². The Labute approximate surface area is 192 Å². The van der Waals surface area contributed by atoms with Crippen molar-refractivity contribution in [3.8, 4) is 0 Å². The summed E-state index contributed by atoms with van der Waals surface area (Å²) in [4.78, 5) is 19.6. The molecule has 3 aromatic rings. The second-order valence-corrected chi connectivity index (χ2v) is 9.42. The maximum absolute atomic E-state index is 12.6. The third-order valence-corrected chi connectivity index (χ3v) is 6.88. The van der Waals surface area contributed by atoms with Crippen LogP contribution in [0.4, 0.5) is 11.5 Å². The molecule has 0 spiro atoms. The number of amides is 1. The Morgan fingerprint density at radius 1 is 1.03 bits per heavy atom. The van der Waals surface area contributed by atoms with Crippen molar-refractivity contribution in [3.63, 3.8) is 0 Å². The average Bonchev–Trinajstić information content (AvgIpc) is 2.76. The third-order valence-electron chi connectivity index (χ3n) is 6.02. The standard InChI is InChI=1S/C25H29BrN4O/c1-16-8-9-17(14-21(16)26)25(31)28-19-12-10-18(11-13-19)27-24-15-23(30(2)3)20-6-4-5-7-22(20)29-24/h4-9,14-15,18-19H,10-13H2,1-3H3,(H,27,29)(H,28,31). The lowest BCUT2D eigenvalue weighted by Crippen LogP contribution is -2.40. The predicted molar refractivity (Wildman–Crippen MR) is 132 cm³/mol. The lowest BCUT2D eigenvalue weighted by molar-refractivity contribution is 0.0926. The Bertz CT molecular complexity index is 1090. The Morgan fingerprint density at radius 2 is 1.74 bits per heavy atom. The summed E-state index contributed by atoms with van der Waals surface area (Å²) in [5, 5.41) is 7.99. The number of aromatic nitrogens is 1. The third kappa shape index (κ3) is 5.01. The number of fused-ring (bicyclic) bond motifs is 1. The molecule has 162 valence electrons. The van der Waals surface area contributed by atoms with E-state index in [0.717, 1.165) is 52.4 Å². The Kier molecular flexibility index (Phi) is 6.46. The highest BCUT2D eigenvalue weighted by Gasteiger charge is 2.23. The number of aryl methyl sites for hydroxylation is 1. The molecule has 2 N–H and O–H groups in total. The number of carbonyl (C=O) groups is 1. The van der Waals surface area contributed by atoms with E-state index in [0.29, 0.717) is 11.6 Å². The SMILES string of the molecule is Cc1ccc(C(=O)NC2CCC(Nc3cc(N(C)C)c4ccccc4n3)CC2)cc1Br. The van der Waals surface area contributed by atoms with E-state index in [9.17, 15) is 4.79 Å². The molecule has 0 unspecified atom stereocenters. The number of anilines is 2. The maximum atomic E-state index is 12.6. The molecular formula is C25H29BrN4O. The van der Waals surface area contributed by atoms with E-state index in [1.54, 1.807) is 0 Å². The van der Waals surface area contributed by atoms with Gasteiger partial charge in [0, 0.05) is 53.4 Å². The molecule has 0 saturated heterocycles. The quantitative estimate of drug-likeness (QED) is 0.504. The fourth-order valence-electron chi connectivity index (χ4n) is 4.20. The van der Waals surface area contributed by atoms with Crippen molar-refractivity contribution in [2.75, 3.05) is 24.3 Å². The van der Waals surface area contributed by atoms with Crippen LogP contribution in [0.2, 0.25) is 0 Å². The van der Waals surface area contributed by atoms with Gasteiger partial charge in [0.25, 0.3) is 5.91 Å². The van der Waals surface area contributed by atoms with Crippen molar-refractivity contribution >= 4 is 44.2 Å². The van der Waals surface area contributed by atoms with Gasteiger partial charge in [-0.2, -0.15) is 0 Å². The lowest BCUT2D eigenvalue weighted by Gasteiger charge is -2.30. The van der Waals surface area contributed by atoms with Crippen LogP contribution in [-0.2, 0) is 0 Å². The van der Waals surface area contributed by atoms with Gasteiger partial charge in [-0.25, -0.2) is 4.98 Å². The molecule has 1 heterocycles. The minimum atomic E-state index is 0.00364. The molecule has 2 aromatic carbocycles. The molecule has 1 saturated carbocycles. The number of pyridine rings is 1. The molecule has 1 aliphatic rings. The number of para-hydroxylation sites is 1. The van der Waals surface area contributed by atoms with Gasteiger partial charge in [0.1, 0.15) is 5.82 Å². The van der Waals surface area contributed by atoms with Crippen LogP contribution in [0, 0.1) is 6.92 Å². The summed E-state index contributed by atoms with van der Waals surface area (Å²) in [5.41, 5.74) is 4.00. The second-order valence-electron chi connectivity index (χ2n) is 8.57. The smallest absolute Gasteiger partial charge is 0.251 e. The van der Waals surface area contributed by atoms with Crippen LogP contribution in [0.1, 0.15) is 41.6 Å². The highest BCUT2D eigenvalue weighted by Crippen LogP contribution is 2.29. The number of hydrogen-bond acceptors (Lipinski definition) is 4. The second kappa shape index (κ2) is 9.27. The van der Waals surface area contributed by atoms with Gasteiger partial charge >= 0.3 is 0 Å². The Hall–Kier alpha value is -2.60. The van der Waals surface area contributed by atoms with E-state index in [-0.39, 0.29) is 11.9 Å². The lowest BCUT2D eigenvalue weighted by atomic mass is 9.91. The van der Waals surface area contributed by atoms with Crippen LogP contribution in [0.25, 0.3) is 10.9 Å². The number of nitrogens with one attached hydrogen (secondary N) is 2. The number of benzene rings is 2. The van der Waals surface area contributed by atoms with Crippen LogP contribution in [0.5, 0.6) is 0 Å². The first-order chi connectivity index (χ1) is 14.9. The minimum Gasteiger partial charge on any atom is -0.377 e. The number of hydrogen-bond donors (Lipinski definition) is 2. The van der Waals surface area contributed by atoms with Crippen LogP contribution in [0.3, 0.4) is 0 Å². The average molecular weight is 481 g/mol. The topological polar surface area (TPSA) is 57.3 Å². The van der Waals surface area contributed by atoms with Crippen molar-refractivity contribution in [2.45, 2.75) is 44.7 Å². The van der Waals surface area contributed by atoms with Gasteiger partial charge in [-0.3, -0.25) is 4.79 Å². The minimum absolute atomic E-state index is 0.00364. The molecule has 4 rings (SSSR count). The number of rotatable bonds is 5. The largest absolute Gasteiger partial charge is 0.377 e. The van der Waals surface area contributed by atoms with Gasteiger partial charge in [0.05, 0.1) is 5.52 Å². The highest BCUT2D eigenvalue weighted by atomic mass is 79.9. The summed E-state index contributed by atoms with van der Waals surface area (Å²) >= 11 is 3.51.